The van der Waals surface area contributed by atoms with E-state index >= 15 is 0 Å². The number of hydrogen-bond donors (Lipinski definition) is 2. The van der Waals surface area contributed by atoms with Crippen LogP contribution in [0.15, 0.2) is 0 Å². The summed E-state index contributed by atoms with van der Waals surface area (Å²) in [6, 6.07) is 0. The van der Waals surface area contributed by atoms with Crippen LogP contribution in [0.1, 0.15) is 0 Å². The van der Waals surface area contributed by atoms with Crippen LogP contribution in [-0.2, 0) is 0 Å². The van der Waals surface area contributed by atoms with E-state index in [1.54, 1.807) is 0 Å². The fraction of sp³-hybridized carbons (Fsp3) is 0. The van der Waals surface area contributed by atoms with Crippen LogP contribution < -0.4 is 0 Å². The van der Waals surface area contributed by atoms with Crippen molar-refractivity contribution in [3.63, 3.8) is 0 Å². The molecular formula is H6O2Si2. The van der Waals surface area contributed by atoms with Crippen LogP contribution in [0.2, 0.25) is 0 Å². The van der Waals surface area contributed by atoms with Gasteiger partial charge in [0.25, 0.3) is 0 Å². The molecule has 0 aromatic heterocycles. The molecule has 0 radical (unpaired) electrons. The lowest BCUT2D eigenvalue weighted by Gasteiger charge is -1.65. The lowest BCUT2D eigenvalue weighted by atomic mass is 15.9. The maximum atomic E-state index is 7.83. The van der Waals surface area contributed by atoms with Crippen molar-refractivity contribution in [2.45, 2.75) is 0 Å². The van der Waals surface area contributed by atoms with Crippen LogP contribution in [0.5, 0.6) is 0 Å². The predicted octanol–water partition coefficient (Wildman–Crippen LogP) is -2.95. The van der Waals surface area contributed by atoms with Gasteiger partial charge in [-0.1, -0.05) is 0 Å². The van der Waals surface area contributed by atoms with Crippen LogP contribution in [0.25, 0.3) is 0 Å². The SMILES string of the molecule is O[SiH2][SiH2]O. The molecule has 4 heteroatoms. The summed E-state index contributed by atoms with van der Waals surface area (Å²) in [5, 5.41) is 0. The molecular weight excluding hydrogens is 88.2 g/mol. The van der Waals surface area contributed by atoms with Gasteiger partial charge in [0, 0.05) is 0 Å². The van der Waals surface area contributed by atoms with Gasteiger partial charge in [-0.3, -0.25) is 0 Å². The van der Waals surface area contributed by atoms with Gasteiger partial charge in [0.05, 0.1) is 0 Å². The van der Waals surface area contributed by atoms with Gasteiger partial charge in [-0.2, -0.15) is 0 Å². The standard InChI is InChI=1S/H6O2Si2/c1-3-4-2/h1-2H,3-4H2. The average Bonchev–Trinajstić information content (AvgIpc) is 1.37. The van der Waals surface area contributed by atoms with Crippen LogP contribution in [-0.4, -0.2) is 28.2 Å². The third kappa shape index (κ3) is 2.35. The molecule has 2 nitrogen and oxygen atoms in total. The first-order valence-electron chi connectivity index (χ1n) is 1.13. The van der Waals surface area contributed by atoms with Crippen molar-refractivity contribution < 1.29 is 9.59 Å². The third-order valence-electron chi connectivity index (χ3n) is 0.1000. The maximum Gasteiger partial charge on any atom is 0.169 e. The molecule has 0 atom stereocenters. The molecule has 4 heavy (non-hydrogen) atoms. The molecule has 0 bridgehead atoms. The normalized spacial score (nSPS) is 13.5. The summed E-state index contributed by atoms with van der Waals surface area (Å²) in [4.78, 5) is 15.7. The molecule has 0 aliphatic heterocycles. The summed E-state index contributed by atoms with van der Waals surface area (Å²) in [5.74, 6) is 0. The lowest BCUT2D eigenvalue weighted by molar-refractivity contribution is 0.583. The Kier molecular flexibility index (Phi) is 3.65. The second-order valence-corrected chi connectivity index (χ2v) is 4.02. The smallest absolute Gasteiger partial charge is 0.169 e. The largest absolute Gasteiger partial charge is 0.439 e. The highest BCUT2D eigenvalue weighted by molar-refractivity contribution is 6.92. The van der Waals surface area contributed by atoms with Crippen LogP contribution in [0.3, 0.4) is 0 Å². The molecule has 0 aromatic rings. The first kappa shape index (κ1) is 4.35. The van der Waals surface area contributed by atoms with Crippen molar-refractivity contribution in [1.29, 1.82) is 0 Å². The second kappa shape index (κ2) is 3.35. The molecule has 2 N–H and O–H groups in total. The molecule has 0 spiro atoms. The van der Waals surface area contributed by atoms with Gasteiger partial charge in [0.2, 0.25) is 0 Å². The summed E-state index contributed by atoms with van der Waals surface area (Å²) >= 11 is 0. The highest BCUT2D eigenvalue weighted by Crippen LogP contribution is 1.26. The van der Waals surface area contributed by atoms with Crippen LogP contribution >= 0.6 is 0 Å². The molecule has 0 aliphatic rings. The number of hydrogen-bond acceptors (Lipinski definition) is 2. The zero-order valence-corrected chi connectivity index (χ0v) is 5.14. The minimum atomic E-state index is -0.881. The maximum absolute atomic E-state index is 7.83. The molecule has 0 rings (SSSR count). The van der Waals surface area contributed by atoms with Crippen molar-refractivity contribution in [2.24, 2.45) is 0 Å². The van der Waals surface area contributed by atoms with Gasteiger partial charge in [0.15, 0.2) is 18.6 Å². The highest BCUT2D eigenvalue weighted by Gasteiger charge is 1.65. The minimum Gasteiger partial charge on any atom is -0.439 e. The van der Waals surface area contributed by atoms with Gasteiger partial charge in [0.1, 0.15) is 0 Å². The first-order chi connectivity index (χ1) is 1.91. The summed E-state index contributed by atoms with van der Waals surface area (Å²) < 4.78 is 0. The Morgan fingerprint density at radius 1 is 1.00 bits per heavy atom. The summed E-state index contributed by atoms with van der Waals surface area (Å²) in [5.41, 5.74) is 0. The van der Waals surface area contributed by atoms with Crippen molar-refractivity contribution in [3.8, 4) is 0 Å². The lowest BCUT2D eigenvalue weighted by Crippen LogP contribution is -1.97. The Bertz CT molecular complexity index is 6.00. The zero-order chi connectivity index (χ0) is 3.41. The van der Waals surface area contributed by atoms with E-state index in [0.29, 0.717) is 0 Å². The van der Waals surface area contributed by atoms with Gasteiger partial charge in [-0.05, 0) is 0 Å². The Labute approximate surface area is 29.1 Å². The van der Waals surface area contributed by atoms with E-state index in [2.05, 4.69) is 0 Å². The van der Waals surface area contributed by atoms with Gasteiger partial charge >= 0.3 is 0 Å². The van der Waals surface area contributed by atoms with E-state index in [-0.39, 0.29) is 0 Å². The Morgan fingerprint density at radius 2 is 1.25 bits per heavy atom. The highest BCUT2D eigenvalue weighted by atomic mass is 29.2. The Hall–Kier alpha value is 0.354. The van der Waals surface area contributed by atoms with Gasteiger partial charge < -0.3 is 9.59 Å². The Morgan fingerprint density at radius 3 is 1.25 bits per heavy atom. The van der Waals surface area contributed by atoms with E-state index in [4.69, 9.17) is 9.59 Å². The molecule has 26 valence electrons. The molecule has 0 heterocycles. The summed E-state index contributed by atoms with van der Waals surface area (Å²) in [6.45, 7) is 0. The van der Waals surface area contributed by atoms with Crippen LogP contribution in [0.4, 0.5) is 0 Å². The van der Waals surface area contributed by atoms with Crippen molar-refractivity contribution in [1.82, 2.24) is 0 Å². The van der Waals surface area contributed by atoms with E-state index in [9.17, 15) is 0 Å². The van der Waals surface area contributed by atoms with E-state index < -0.39 is 18.6 Å². The van der Waals surface area contributed by atoms with Crippen molar-refractivity contribution in [2.75, 3.05) is 0 Å². The van der Waals surface area contributed by atoms with Gasteiger partial charge in [-0.25, -0.2) is 0 Å². The number of rotatable bonds is 1. The second-order valence-electron chi connectivity index (χ2n) is 0.447. The van der Waals surface area contributed by atoms with Crippen molar-refractivity contribution >= 4 is 18.6 Å². The zero-order valence-electron chi connectivity index (χ0n) is 2.31. The van der Waals surface area contributed by atoms with E-state index in [1.807, 2.05) is 0 Å². The third-order valence-corrected chi connectivity index (χ3v) is 0.900. The topological polar surface area (TPSA) is 40.5 Å². The minimum absolute atomic E-state index is 0.881. The first-order valence-corrected chi connectivity index (χ1v) is 6.40. The van der Waals surface area contributed by atoms with E-state index in [0.717, 1.165) is 0 Å². The molecule has 0 saturated heterocycles. The fourth-order valence-corrected chi connectivity index (χ4v) is 0. The quantitative estimate of drug-likeness (QED) is 0.341. The van der Waals surface area contributed by atoms with Gasteiger partial charge in [-0.15, -0.1) is 0 Å². The molecule has 0 amide bonds. The fourth-order valence-electron chi connectivity index (χ4n) is 0. The monoisotopic (exact) mass is 94.0 g/mol. The molecule has 0 saturated carbocycles. The predicted molar refractivity (Wildman–Crippen MR) is 21.5 cm³/mol. The van der Waals surface area contributed by atoms with E-state index in [1.165, 1.54) is 0 Å². The van der Waals surface area contributed by atoms with Crippen molar-refractivity contribution in [3.05, 3.63) is 0 Å². The summed E-state index contributed by atoms with van der Waals surface area (Å²) in [7, 11) is -1.76. The average molecular weight is 94.2 g/mol. The van der Waals surface area contributed by atoms with Crippen LogP contribution in [0, 0.1) is 0 Å². The molecule has 0 unspecified atom stereocenters. The Balaban J connectivity index is 1.97. The molecule has 0 fully saturated rings. The molecule has 0 aromatic carbocycles. The summed E-state index contributed by atoms with van der Waals surface area (Å²) in [6.07, 6.45) is 0. The molecule has 0 aliphatic carbocycles.